The van der Waals surface area contributed by atoms with Crippen LogP contribution in [0.15, 0.2) is 29.3 Å². The highest BCUT2D eigenvalue weighted by atomic mass is 127. The van der Waals surface area contributed by atoms with E-state index in [0.717, 1.165) is 63.1 Å². The van der Waals surface area contributed by atoms with E-state index in [2.05, 4.69) is 60.7 Å². The minimum absolute atomic E-state index is 0. The van der Waals surface area contributed by atoms with Crippen LogP contribution >= 0.6 is 35.6 Å². The van der Waals surface area contributed by atoms with Crippen molar-refractivity contribution in [2.45, 2.75) is 58.7 Å². The molecule has 160 valence electrons. The third-order valence-corrected chi connectivity index (χ3v) is 4.88. The molecule has 0 aliphatic carbocycles. The van der Waals surface area contributed by atoms with E-state index in [9.17, 15) is 0 Å². The predicted octanol–water partition coefficient (Wildman–Crippen LogP) is 3.87. The molecular weight excluding hydrogens is 485 g/mol. The molecule has 0 unspecified atom stereocenters. The first-order valence-corrected chi connectivity index (χ1v) is 10.5. The van der Waals surface area contributed by atoms with Gasteiger partial charge >= 0.3 is 0 Å². The quantitative estimate of drug-likeness (QED) is 0.221. The second kappa shape index (κ2) is 12.9. The van der Waals surface area contributed by atoms with Crippen LogP contribution in [-0.4, -0.2) is 55.2 Å². The van der Waals surface area contributed by atoms with Gasteiger partial charge in [0, 0.05) is 49.3 Å². The average molecular weight is 522 g/mol. The van der Waals surface area contributed by atoms with Crippen LogP contribution in [0.1, 0.15) is 46.1 Å². The fourth-order valence-corrected chi connectivity index (χ4v) is 3.32. The SMILES string of the molecule is CCNC(=NCCNC(C)(C)C)NC1CCN(Cc2ccc(Cl)cc2)CC1.I. The van der Waals surface area contributed by atoms with Crippen LogP contribution in [0.3, 0.4) is 0 Å². The van der Waals surface area contributed by atoms with Crippen molar-refractivity contribution in [2.24, 2.45) is 4.99 Å². The van der Waals surface area contributed by atoms with Crippen molar-refractivity contribution in [3.05, 3.63) is 34.9 Å². The van der Waals surface area contributed by atoms with Crippen LogP contribution in [0.5, 0.6) is 0 Å². The molecule has 1 saturated heterocycles. The van der Waals surface area contributed by atoms with E-state index >= 15 is 0 Å². The average Bonchev–Trinajstić information content (AvgIpc) is 2.61. The molecule has 0 aromatic heterocycles. The lowest BCUT2D eigenvalue weighted by molar-refractivity contribution is 0.198. The van der Waals surface area contributed by atoms with Gasteiger partial charge in [0.2, 0.25) is 0 Å². The van der Waals surface area contributed by atoms with E-state index < -0.39 is 0 Å². The number of aliphatic imine (C=N–C) groups is 1. The standard InChI is InChI=1S/C21H36ClN5.HI/c1-5-23-20(24-12-13-25-21(2,3)4)26-19-10-14-27(15-11-19)16-17-6-8-18(22)9-7-17;/h6-9,19,25H,5,10-16H2,1-4H3,(H2,23,24,26);1H. The van der Waals surface area contributed by atoms with Crippen LogP contribution in [0.2, 0.25) is 5.02 Å². The van der Waals surface area contributed by atoms with Gasteiger partial charge in [0.1, 0.15) is 0 Å². The molecular formula is C21H37ClIN5. The Hall–Kier alpha value is -0.570. The Morgan fingerprint density at radius 1 is 1.18 bits per heavy atom. The Kier molecular flexibility index (Phi) is 11.7. The zero-order valence-corrected chi connectivity index (χ0v) is 20.8. The molecule has 0 bridgehead atoms. The first kappa shape index (κ1) is 25.5. The summed E-state index contributed by atoms with van der Waals surface area (Å²) in [5.74, 6) is 0.935. The predicted molar refractivity (Wildman–Crippen MR) is 132 cm³/mol. The Balaban J connectivity index is 0.00000392. The fraction of sp³-hybridized carbons (Fsp3) is 0.667. The topological polar surface area (TPSA) is 51.7 Å². The number of hydrogen-bond acceptors (Lipinski definition) is 3. The largest absolute Gasteiger partial charge is 0.357 e. The molecule has 1 aromatic carbocycles. The molecule has 1 aliphatic heterocycles. The van der Waals surface area contributed by atoms with E-state index in [1.54, 1.807) is 0 Å². The summed E-state index contributed by atoms with van der Waals surface area (Å²) in [6.07, 6.45) is 2.27. The van der Waals surface area contributed by atoms with E-state index in [0.29, 0.717) is 6.04 Å². The van der Waals surface area contributed by atoms with Crippen molar-refractivity contribution in [3.63, 3.8) is 0 Å². The van der Waals surface area contributed by atoms with Gasteiger partial charge in [-0.05, 0) is 58.2 Å². The first-order chi connectivity index (χ1) is 12.9. The zero-order valence-electron chi connectivity index (χ0n) is 17.7. The maximum Gasteiger partial charge on any atom is 0.191 e. The summed E-state index contributed by atoms with van der Waals surface area (Å²) in [4.78, 5) is 7.22. The summed E-state index contributed by atoms with van der Waals surface area (Å²) in [5.41, 5.74) is 1.46. The lowest BCUT2D eigenvalue weighted by Gasteiger charge is -2.33. The normalized spacial score (nSPS) is 16.5. The number of guanidine groups is 1. The van der Waals surface area contributed by atoms with E-state index in [4.69, 9.17) is 16.6 Å². The molecule has 2 rings (SSSR count). The minimum Gasteiger partial charge on any atom is -0.357 e. The van der Waals surface area contributed by atoms with Crippen molar-refractivity contribution in [1.29, 1.82) is 0 Å². The molecule has 28 heavy (non-hydrogen) atoms. The molecule has 0 atom stereocenters. The first-order valence-electron chi connectivity index (χ1n) is 10.1. The Morgan fingerprint density at radius 3 is 2.39 bits per heavy atom. The number of likely N-dealkylation sites (tertiary alicyclic amines) is 1. The van der Waals surface area contributed by atoms with Gasteiger partial charge in [0.15, 0.2) is 5.96 Å². The van der Waals surface area contributed by atoms with Gasteiger partial charge < -0.3 is 16.0 Å². The molecule has 0 spiro atoms. The molecule has 1 heterocycles. The molecule has 0 amide bonds. The molecule has 1 aromatic rings. The van der Waals surface area contributed by atoms with Gasteiger partial charge in [-0.2, -0.15) is 0 Å². The number of nitrogens with one attached hydrogen (secondary N) is 3. The summed E-state index contributed by atoms with van der Waals surface area (Å²) in [6, 6.07) is 8.67. The van der Waals surface area contributed by atoms with E-state index in [1.165, 1.54) is 5.56 Å². The van der Waals surface area contributed by atoms with Gasteiger partial charge in [0.05, 0.1) is 6.54 Å². The van der Waals surface area contributed by atoms with Crippen molar-refractivity contribution in [1.82, 2.24) is 20.9 Å². The fourth-order valence-electron chi connectivity index (χ4n) is 3.20. The zero-order chi connectivity index (χ0) is 19.7. The van der Waals surface area contributed by atoms with Crippen LogP contribution in [-0.2, 0) is 6.54 Å². The third-order valence-electron chi connectivity index (χ3n) is 4.63. The third kappa shape index (κ3) is 10.3. The van der Waals surface area contributed by atoms with Crippen LogP contribution in [0.25, 0.3) is 0 Å². The number of nitrogens with zero attached hydrogens (tertiary/aromatic N) is 2. The maximum atomic E-state index is 5.97. The highest BCUT2D eigenvalue weighted by molar-refractivity contribution is 14.0. The molecule has 0 radical (unpaired) electrons. The summed E-state index contributed by atoms with van der Waals surface area (Å²) in [7, 11) is 0. The molecule has 1 aliphatic rings. The number of benzene rings is 1. The van der Waals surface area contributed by atoms with Gasteiger partial charge in [-0.15, -0.1) is 24.0 Å². The lowest BCUT2D eigenvalue weighted by Crippen LogP contribution is -2.48. The van der Waals surface area contributed by atoms with Crippen molar-refractivity contribution < 1.29 is 0 Å². The highest BCUT2D eigenvalue weighted by Crippen LogP contribution is 2.16. The molecule has 7 heteroatoms. The number of hydrogen-bond donors (Lipinski definition) is 3. The molecule has 5 nitrogen and oxygen atoms in total. The van der Waals surface area contributed by atoms with Crippen molar-refractivity contribution >= 4 is 41.5 Å². The smallest absolute Gasteiger partial charge is 0.191 e. The minimum atomic E-state index is 0. The Labute approximate surface area is 193 Å². The Bertz CT molecular complexity index is 577. The number of halogens is 2. The lowest BCUT2D eigenvalue weighted by atomic mass is 10.0. The van der Waals surface area contributed by atoms with Crippen molar-refractivity contribution in [2.75, 3.05) is 32.7 Å². The highest BCUT2D eigenvalue weighted by Gasteiger charge is 2.20. The summed E-state index contributed by atoms with van der Waals surface area (Å²) in [5, 5.41) is 11.3. The maximum absolute atomic E-state index is 5.97. The molecule has 0 saturated carbocycles. The Morgan fingerprint density at radius 2 is 1.82 bits per heavy atom. The van der Waals surface area contributed by atoms with Gasteiger partial charge in [-0.3, -0.25) is 9.89 Å². The summed E-state index contributed by atoms with van der Waals surface area (Å²) in [6.45, 7) is 14.4. The molecule has 3 N–H and O–H groups in total. The van der Waals surface area contributed by atoms with Crippen LogP contribution in [0, 0.1) is 0 Å². The van der Waals surface area contributed by atoms with Crippen molar-refractivity contribution in [3.8, 4) is 0 Å². The van der Waals surface area contributed by atoms with Gasteiger partial charge in [-0.1, -0.05) is 23.7 Å². The second-order valence-corrected chi connectivity index (χ2v) is 8.70. The van der Waals surface area contributed by atoms with Crippen LogP contribution in [0.4, 0.5) is 0 Å². The second-order valence-electron chi connectivity index (χ2n) is 8.26. The number of piperidine rings is 1. The van der Waals surface area contributed by atoms with Gasteiger partial charge in [0.25, 0.3) is 0 Å². The van der Waals surface area contributed by atoms with E-state index in [1.807, 2.05) is 12.1 Å². The monoisotopic (exact) mass is 521 g/mol. The van der Waals surface area contributed by atoms with E-state index in [-0.39, 0.29) is 29.5 Å². The van der Waals surface area contributed by atoms with Crippen LogP contribution < -0.4 is 16.0 Å². The summed E-state index contributed by atoms with van der Waals surface area (Å²) < 4.78 is 0. The number of rotatable bonds is 7. The summed E-state index contributed by atoms with van der Waals surface area (Å²) >= 11 is 5.97. The molecule has 1 fully saturated rings. The van der Waals surface area contributed by atoms with Gasteiger partial charge in [-0.25, -0.2) is 0 Å².